The van der Waals surface area contributed by atoms with Crippen molar-refractivity contribution in [2.45, 2.75) is 18.9 Å². The van der Waals surface area contributed by atoms with Crippen LogP contribution >= 0.6 is 0 Å². The smallest absolute Gasteiger partial charge is 0.132 e. The van der Waals surface area contributed by atoms with Crippen LogP contribution in [0.15, 0.2) is 42.5 Å². The number of halogens is 2. The second-order valence-corrected chi connectivity index (χ2v) is 4.89. The van der Waals surface area contributed by atoms with Gasteiger partial charge in [0.1, 0.15) is 17.4 Å². The van der Waals surface area contributed by atoms with Crippen molar-refractivity contribution in [2.75, 3.05) is 7.11 Å². The molecule has 1 atom stereocenters. The molecule has 2 nitrogen and oxygen atoms in total. The van der Waals surface area contributed by atoms with E-state index >= 15 is 0 Å². The number of benzene rings is 2. The largest absolute Gasteiger partial charge is 0.497 e. The lowest BCUT2D eigenvalue weighted by atomic mass is 9.88. The molecule has 0 bridgehead atoms. The van der Waals surface area contributed by atoms with E-state index < -0.39 is 17.2 Å². The molecule has 0 aliphatic carbocycles. The third-order valence-electron chi connectivity index (χ3n) is 3.25. The van der Waals surface area contributed by atoms with Crippen LogP contribution in [0.25, 0.3) is 0 Å². The third kappa shape index (κ3) is 2.96. The standard InChI is InChI=1S/C16H16F2O2/c1-16(19,10-11-5-3-4-6-14(11)17)13-8-7-12(20-2)9-15(13)18/h3-9,19H,10H2,1-2H3. The molecule has 1 unspecified atom stereocenters. The number of methoxy groups -OCH3 is 1. The molecule has 0 aromatic heterocycles. The summed E-state index contributed by atoms with van der Waals surface area (Å²) in [5, 5.41) is 10.5. The highest BCUT2D eigenvalue weighted by Crippen LogP contribution is 2.30. The van der Waals surface area contributed by atoms with E-state index in [2.05, 4.69) is 0 Å². The van der Waals surface area contributed by atoms with E-state index in [0.29, 0.717) is 11.3 Å². The number of aliphatic hydroxyl groups is 1. The number of rotatable bonds is 4. The normalized spacial score (nSPS) is 13.8. The highest BCUT2D eigenvalue weighted by atomic mass is 19.1. The van der Waals surface area contributed by atoms with Crippen molar-refractivity contribution in [3.63, 3.8) is 0 Å². The third-order valence-corrected chi connectivity index (χ3v) is 3.25. The summed E-state index contributed by atoms with van der Waals surface area (Å²) in [4.78, 5) is 0. The van der Waals surface area contributed by atoms with E-state index in [4.69, 9.17) is 4.74 Å². The van der Waals surface area contributed by atoms with Crippen LogP contribution in [0.1, 0.15) is 18.1 Å². The van der Waals surface area contributed by atoms with Crippen LogP contribution in [-0.2, 0) is 12.0 Å². The minimum atomic E-state index is -1.50. The van der Waals surface area contributed by atoms with Crippen molar-refractivity contribution in [3.05, 3.63) is 65.2 Å². The quantitative estimate of drug-likeness (QED) is 0.928. The Morgan fingerprint density at radius 1 is 1.10 bits per heavy atom. The number of hydrogen-bond acceptors (Lipinski definition) is 2. The molecule has 1 N–H and O–H groups in total. The summed E-state index contributed by atoms with van der Waals surface area (Å²) >= 11 is 0. The lowest BCUT2D eigenvalue weighted by Gasteiger charge is -2.25. The summed E-state index contributed by atoms with van der Waals surface area (Å²) in [6, 6.07) is 10.4. The molecule has 2 rings (SSSR count). The zero-order valence-corrected chi connectivity index (χ0v) is 11.4. The van der Waals surface area contributed by atoms with Gasteiger partial charge in [0.25, 0.3) is 0 Å². The fourth-order valence-electron chi connectivity index (χ4n) is 2.17. The maximum Gasteiger partial charge on any atom is 0.132 e. The SMILES string of the molecule is COc1ccc(C(C)(O)Cc2ccccc2F)c(F)c1. The molecule has 0 saturated carbocycles. The Morgan fingerprint density at radius 2 is 1.80 bits per heavy atom. The Kier molecular flexibility index (Phi) is 4.04. The maximum atomic E-state index is 14.0. The first-order valence-corrected chi connectivity index (χ1v) is 6.24. The Hall–Kier alpha value is -1.94. The van der Waals surface area contributed by atoms with E-state index in [1.807, 2.05) is 0 Å². The topological polar surface area (TPSA) is 29.5 Å². The molecule has 2 aromatic carbocycles. The first kappa shape index (κ1) is 14.5. The fraction of sp³-hybridized carbons (Fsp3) is 0.250. The lowest BCUT2D eigenvalue weighted by Crippen LogP contribution is -2.26. The van der Waals surface area contributed by atoms with Gasteiger partial charge in [-0.3, -0.25) is 0 Å². The van der Waals surface area contributed by atoms with E-state index in [-0.39, 0.29) is 12.0 Å². The summed E-state index contributed by atoms with van der Waals surface area (Å²) in [7, 11) is 1.44. The molecule has 0 saturated heterocycles. The Balaban J connectivity index is 2.33. The van der Waals surface area contributed by atoms with Crippen molar-refractivity contribution in [2.24, 2.45) is 0 Å². The van der Waals surface area contributed by atoms with Gasteiger partial charge in [0.2, 0.25) is 0 Å². The monoisotopic (exact) mass is 278 g/mol. The fourth-order valence-corrected chi connectivity index (χ4v) is 2.17. The minimum Gasteiger partial charge on any atom is -0.497 e. The average Bonchev–Trinajstić information content (AvgIpc) is 2.40. The molecule has 20 heavy (non-hydrogen) atoms. The summed E-state index contributed by atoms with van der Waals surface area (Å²) in [6.45, 7) is 1.46. The van der Waals surface area contributed by atoms with Gasteiger partial charge in [-0.2, -0.15) is 0 Å². The van der Waals surface area contributed by atoms with Gasteiger partial charge in [0.15, 0.2) is 0 Å². The van der Waals surface area contributed by atoms with Crippen LogP contribution in [-0.4, -0.2) is 12.2 Å². The van der Waals surface area contributed by atoms with Gasteiger partial charge < -0.3 is 9.84 Å². The molecule has 2 aromatic rings. The van der Waals surface area contributed by atoms with Crippen molar-refractivity contribution in [1.82, 2.24) is 0 Å². The Morgan fingerprint density at radius 3 is 2.40 bits per heavy atom. The zero-order chi connectivity index (χ0) is 14.8. The minimum absolute atomic E-state index is 0.0110. The van der Waals surface area contributed by atoms with Gasteiger partial charge in [-0.05, 0) is 30.7 Å². The average molecular weight is 278 g/mol. The summed E-state index contributed by atoms with van der Waals surface area (Å²) < 4.78 is 32.6. The summed E-state index contributed by atoms with van der Waals surface area (Å²) in [5.41, 5.74) is -1.05. The maximum absolute atomic E-state index is 14.0. The first-order chi connectivity index (χ1) is 9.44. The predicted molar refractivity (Wildman–Crippen MR) is 72.6 cm³/mol. The van der Waals surface area contributed by atoms with Crippen LogP contribution in [0.2, 0.25) is 0 Å². The zero-order valence-electron chi connectivity index (χ0n) is 11.4. The van der Waals surface area contributed by atoms with E-state index in [1.54, 1.807) is 24.3 Å². The van der Waals surface area contributed by atoms with Gasteiger partial charge in [-0.1, -0.05) is 18.2 Å². The van der Waals surface area contributed by atoms with Crippen LogP contribution < -0.4 is 4.74 Å². The van der Waals surface area contributed by atoms with Crippen molar-refractivity contribution >= 4 is 0 Å². The van der Waals surface area contributed by atoms with Gasteiger partial charge in [0, 0.05) is 18.1 Å². The van der Waals surface area contributed by atoms with Crippen LogP contribution in [0.3, 0.4) is 0 Å². The van der Waals surface area contributed by atoms with E-state index in [9.17, 15) is 13.9 Å². The van der Waals surface area contributed by atoms with Gasteiger partial charge in [-0.25, -0.2) is 8.78 Å². The molecular weight excluding hydrogens is 262 g/mol. The highest BCUT2D eigenvalue weighted by molar-refractivity contribution is 5.33. The Labute approximate surface area is 116 Å². The number of ether oxygens (including phenoxy) is 1. The second kappa shape index (κ2) is 5.59. The molecule has 0 aliphatic heterocycles. The summed E-state index contributed by atoms with van der Waals surface area (Å²) in [5.74, 6) is -0.625. The van der Waals surface area contributed by atoms with Gasteiger partial charge in [-0.15, -0.1) is 0 Å². The summed E-state index contributed by atoms with van der Waals surface area (Å²) in [6.07, 6.45) is -0.0110. The second-order valence-electron chi connectivity index (χ2n) is 4.89. The van der Waals surface area contributed by atoms with Gasteiger partial charge in [0.05, 0.1) is 12.7 Å². The van der Waals surface area contributed by atoms with Crippen LogP contribution in [0.4, 0.5) is 8.78 Å². The molecular formula is C16H16F2O2. The van der Waals surface area contributed by atoms with Gasteiger partial charge >= 0.3 is 0 Å². The van der Waals surface area contributed by atoms with Crippen molar-refractivity contribution < 1.29 is 18.6 Å². The van der Waals surface area contributed by atoms with Crippen LogP contribution in [0, 0.1) is 11.6 Å². The highest BCUT2D eigenvalue weighted by Gasteiger charge is 2.28. The van der Waals surface area contributed by atoms with E-state index in [1.165, 1.54) is 32.2 Å². The molecule has 0 amide bonds. The predicted octanol–water partition coefficient (Wildman–Crippen LogP) is 3.42. The van der Waals surface area contributed by atoms with Crippen molar-refractivity contribution in [1.29, 1.82) is 0 Å². The Bertz CT molecular complexity index is 609. The molecule has 0 spiro atoms. The molecule has 0 radical (unpaired) electrons. The molecule has 106 valence electrons. The van der Waals surface area contributed by atoms with Crippen molar-refractivity contribution in [3.8, 4) is 5.75 Å². The molecule has 0 fully saturated rings. The number of hydrogen-bond donors (Lipinski definition) is 1. The van der Waals surface area contributed by atoms with E-state index in [0.717, 1.165) is 0 Å². The molecule has 0 heterocycles. The van der Waals surface area contributed by atoms with Crippen LogP contribution in [0.5, 0.6) is 5.75 Å². The lowest BCUT2D eigenvalue weighted by molar-refractivity contribution is 0.0528. The molecule has 0 aliphatic rings. The first-order valence-electron chi connectivity index (χ1n) is 6.24. The molecule has 4 heteroatoms.